The number of benzene rings is 9. The van der Waals surface area contributed by atoms with E-state index in [-0.39, 0.29) is 0 Å². The molecule has 0 saturated heterocycles. The number of nitrogens with zero attached hydrogens (tertiary/aromatic N) is 3. The second-order valence-electron chi connectivity index (χ2n) is 16.3. The van der Waals surface area contributed by atoms with Gasteiger partial charge in [-0.15, -0.1) is 11.3 Å². The van der Waals surface area contributed by atoms with E-state index >= 15 is 0 Å². The standard InChI is InChI=1S/C58H35N3S/c1-2-15-36(16-3-1)37-17-14-18-38(33-37)55-59-56(61-57(60-55)40-29-31-47-46-24-9-13-28-53(46)62-54(47)35-40)39-30-32-52-48(34-39)42-20-5-4-19-41(42)43-21-6-10-25-49(43)58(52)50-26-11-7-22-44(50)45-23-8-12-27-51(45)58/h1-35H. The van der Waals surface area contributed by atoms with Gasteiger partial charge in [0.1, 0.15) is 0 Å². The van der Waals surface area contributed by atoms with Gasteiger partial charge in [0.2, 0.25) is 0 Å². The Bertz CT molecular complexity index is 3560. The molecule has 0 atom stereocenters. The van der Waals surface area contributed by atoms with Gasteiger partial charge in [-0.3, -0.25) is 0 Å². The van der Waals surface area contributed by atoms with Gasteiger partial charge in [-0.2, -0.15) is 0 Å². The zero-order valence-electron chi connectivity index (χ0n) is 33.5. The molecule has 0 fully saturated rings. The van der Waals surface area contributed by atoms with E-state index in [1.54, 1.807) is 11.3 Å². The average Bonchev–Trinajstić information content (AvgIpc) is 3.84. The van der Waals surface area contributed by atoms with Gasteiger partial charge in [-0.1, -0.05) is 188 Å². The van der Waals surface area contributed by atoms with Gasteiger partial charge in [-0.05, 0) is 91.0 Å². The van der Waals surface area contributed by atoms with Crippen molar-refractivity contribution in [3.8, 4) is 78.7 Å². The molecular weight excluding hydrogens is 771 g/mol. The number of hydrogen-bond donors (Lipinski definition) is 0. The Morgan fingerprint density at radius 2 is 0.726 bits per heavy atom. The first-order valence-corrected chi connectivity index (χ1v) is 21.9. The average molecular weight is 806 g/mol. The molecule has 1 spiro atoms. The van der Waals surface area contributed by atoms with Gasteiger partial charge in [0.05, 0.1) is 5.41 Å². The molecule has 11 aromatic rings. The molecule has 2 aliphatic carbocycles. The zero-order valence-corrected chi connectivity index (χ0v) is 34.3. The minimum Gasteiger partial charge on any atom is -0.208 e. The number of aromatic nitrogens is 3. The summed E-state index contributed by atoms with van der Waals surface area (Å²) in [6, 6.07) is 77.0. The topological polar surface area (TPSA) is 38.7 Å². The molecule has 0 radical (unpaired) electrons. The maximum absolute atomic E-state index is 5.35. The lowest BCUT2D eigenvalue weighted by Gasteiger charge is -2.35. The molecule has 0 saturated carbocycles. The van der Waals surface area contributed by atoms with Crippen molar-refractivity contribution in [2.75, 3.05) is 0 Å². The van der Waals surface area contributed by atoms with E-state index in [4.69, 9.17) is 15.0 Å². The summed E-state index contributed by atoms with van der Waals surface area (Å²) in [5, 5.41) is 2.51. The van der Waals surface area contributed by atoms with Gasteiger partial charge in [0.25, 0.3) is 0 Å². The fourth-order valence-electron chi connectivity index (χ4n) is 10.3. The molecule has 62 heavy (non-hydrogen) atoms. The van der Waals surface area contributed by atoms with Crippen LogP contribution in [0.5, 0.6) is 0 Å². The summed E-state index contributed by atoms with van der Waals surface area (Å²) >= 11 is 1.81. The summed E-state index contributed by atoms with van der Waals surface area (Å²) in [5.41, 5.74) is 17.0. The predicted octanol–water partition coefficient (Wildman–Crippen LogP) is 14.9. The highest BCUT2D eigenvalue weighted by atomic mass is 32.1. The monoisotopic (exact) mass is 805 g/mol. The smallest absolute Gasteiger partial charge is 0.164 e. The second-order valence-corrected chi connectivity index (χ2v) is 17.3. The molecule has 0 aliphatic heterocycles. The molecule has 0 unspecified atom stereocenters. The van der Waals surface area contributed by atoms with Crippen LogP contribution in [0.15, 0.2) is 212 Å². The maximum atomic E-state index is 5.35. The SMILES string of the molecule is c1ccc(-c2cccc(-c3nc(-c4ccc5c(c4)-c4ccccc4-c4ccccc4C54c5ccccc5-c5ccccc54)nc(-c4ccc5c(c4)sc4ccccc45)n3)c2)cc1. The summed E-state index contributed by atoms with van der Waals surface area (Å²) in [6.45, 7) is 0. The van der Waals surface area contributed by atoms with Crippen molar-refractivity contribution >= 4 is 31.5 Å². The number of rotatable bonds is 4. The first kappa shape index (κ1) is 35.0. The lowest BCUT2D eigenvalue weighted by Crippen LogP contribution is -2.29. The first-order chi connectivity index (χ1) is 30.7. The van der Waals surface area contributed by atoms with E-state index in [1.165, 1.54) is 75.8 Å². The van der Waals surface area contributed by atoms with E-state index in [2.05, 4.69) is 212 Å². The molecule has 4 heteroatoms. The Kier molecular flexibility index (Phi) is 7.69. The van der Waals surface area contributed by atoms with Crippen LogP contribution < -0.4 is 0 Å². The fourth-order valence-corrected chi connectivity index (χ4v) is 11.4. The molecule has 9 aromatic carbocycles. The maximum Gasteiger partial charge on any atom is 0.164 e. The quantitative estimate of drug-likeness (QED) is 0.178. The third-order valence-electron chi connectivity index (χ3n) is 13.0. The van der Waals surface area contributed by atoms with Crippen molar-refractivity contribution in [3.63, 3.8) is 0 Å². The molecule has 2 aliphatic rings. The van der Waals surface area contributed by atoms with Crippen molar-refractivity contribution in [3.05, 3.63) is 235 Å². The molecule has 0 N–H and O–H groups in total. The van der Waals surface area contributed by atoms with E-state index in [0.29, 0.717) is 17.5 Å². The van der Waals surface area contributed by atoms with Crippen molar-refractivity contribution in [1.29, 1.82) is 0 Å². The Hall–Kier alpha value is -7.79. The van der Waals surface area contributed by atoms with E-state index < -0.39 is 5.41 Å². The van der Waals surface area contributed by atoms with Crippen molar-refractivity contribution in [2.24, 2.45) is 0 Å². The third-order valence-corrected chi connectivity index (χ3v) is 14.1. The van der Waals surface area contributed by atoms with Crippen molar-refractivity contribution < 1.29 is 0 Å². The zero-order chi connectivity index (χ0) is 40.8. The summed E-state index contributed by atoms with van der Waals surface area (Å²) in [5.74, 6) is 1.92. The van der Waals surface area contributed by atoms with Gasteiger partial charge in [0.15, 0.2) is 17.5 Å². The minimum atomic E-state index is -0.552. The molecule has 0 bridgehead atoms. The van der Waals surface area contributed by atoms with Crippen LogP contribution in [-0.4, -0.2) is 15.0 Å². The van der Waals surface area contributed by atoms with Gasteiger partial charge < -0.3 is 0 Å². The van der Waals surface area contributed by atoms with Crippen LogP contribution in [0.25, 0.3) is 98.8 Å². The summed E-state index contributed by atoms with van der Waals surface area (Å²) in [7, 11) is 0. The van der Waals surface area contributed by atoms with Crippen molar-refractivity contribution in [1.82, 2.24) is 15.0 Å². The largest absolute Gasteiger partial charge is 0.208 e. The van der Waals surface area contributed by atoms with E-state index in [1.807, 2.05) is 0 Å². The molecule has 0 amide bonds. The van der Waals surface area contributed by atoms with Crippen LogP contribution in [0.4, 0.5) is 0 Å². The van der Waals surface area contributed by atoms with Crippen LogP contribution in [0.3, 0.4) is 0 Å². The lowest BCUT2D eigenvalue weighted by molar-refractivity contribution is 0.775. The number of thiophene rings is 1. The molecule has 13 rings (SSSR count). The fraction of sp³-hybridized carbons (Fsp3) is 0.0172. The second kappa shape index (κ2) is 13.6. The van der Waals surface area contributed by atoms with Crippen LogP contribution >= 0.6 is 11.3 Å². The number of hydrogen-bond acceptors (Lipinski definition) is 4. The molecule has 2 aromatic heterocycles. The molecular formula is C58H35N3S. The van der Waals surface area contributed by atoms with Crippen molar-refractivity contribution in [2.45, 2.75) is 5.41 Å². The molecule has 2 heterocycles. The summed E-state index contributed by atoms with van der Waals surface area (Å²) in [6.07, 6.45) is 0. The Balaban J connectivity index is 1.07. The highest BCUT2D eigenvalue weighted by Crippen LogP contribution is 2.61. The normalized spacial score (nSPS) is 13.0. The highest BCUT2D eigenvalue weighted by Gasteiger charge is 2.49. The predicted molar refractivity (Wildman–Crippen MR) is 256 cm³/mol. The summed E-state index contributed by atoms with van der Waals surface area (Å²) in [4.78, 5) is 15.9. The van der Waals surface area contributed by atoms with Crippen LogP contribution in [0, 0.1) is 0 Å². The van der Waals surface area contributed by atoms with Crippen LogP contribution in [0.2, 0.25) is 0 Å². The first-order valence-electron chi connectivity index (χ1n) is 21.1. The van der Waals surface area contributed by atoms with Gasteiger partial charge >= 0.3 is 0 Å². The van der Waals surface area contributed by atoms with Gasteiger partial charge in [-0.25, -0.2) is 15.0 Å². The van der Waals surface area contributed by atoms with Crippen LogP contribution in [0.1, 0.15) is 22.3 Å². The lowest BCUT2D eigenvalue weighted by atomic mass is 9.66. The third kappa shape index (κ3) is 5.14. The molecule has 3 nitrogen and oxygen atoms in total. The van der Waals surface area contributed by atoms with E-state index in [9.17, 15) is 0 Å². The highest BCUT2D eigenvalue weighted by molar-refractivity contribution is 7.25. The van der Waals surface area contributed by atoms with Crippen LogP contribution in [-0.2, 0) is 5.41 Å². The Morgan fingerprint density at radius 3 is 1.40 bits per heavy atom. The Morgan fingerprint density at radius 1 is 0.274 bits per heavy atom. The summed E-state index contributed by atoms with van der Waals surface area (Å²) < 4.78 is 2.48. The molecule has 288 valence electrons. The number of fused-ring (bicyclic) bond motifs is 15. The van der Waals surface area contributed by atoms with Gasteiger partial charge in [0, 0.05) is 36.9 Å². The van der Waals surface area contributed by atoms with E-state index in [0.717, 1.165) is 27.8 Å². The Labute approximate surface area is 363 Å². The minimum absolute atomic E-state index is 0.552.